The van der Waals surface area contributed by atoms with E-state index in [1.165, 1.54) is 4.88 Å². The number of H-pyrrole nitrogens is 1. The molecule has 6 heteroatoms. The molecule has 0 saturated carbocycles. The topological polar surface area (TPSA) is 49.9 Å². The van der Waals surface area contributed by atoms with E-state index in [0.717, 1.165) is 41.5 Å². The van der Waals surface area contributed by atoms with E-state index in [1.54, 1.807) is 11.3 Å². The maximum absolute atomic E-state index is 5.44. The van der Waals surface area contributed by atoms with Gasteiger partial charge in [-0.1, -0.05) is 0 Å². The van der Waals surface area contributed by atoms with Gasteiger partial charge in [0.25, 0.3) is 0 Å². The molecule has 1 aliphatic rings. The van der Waals surface area contributed by atoms with Gasteiger partial charge in [0, 0.05) is 19.0 Å². The maximum Gasteiger partial charge on any atom is 0.108 e. The first kappa shape index (κ1) is 12.3. The van der Waals surface area contributed by atoms with E-state index in [0.29, 0.717) is 6.04 Å². The molecule has 1 fully saturated rings. The number of nitrogens with one attached hydrogen (secondary N) is 2. The highest BCUT2D eigenvalue weighted by molar-refractivity contribution is 9.11. The van der Waals surface area contributed by atoms with Gasteiger partial charge in [-0.2, -0.15) is 0 Å². The fourth-order valence-electron chi connectivity index (χ4n) is 2.03. The number of thiophene rings is 1. The molecule has 1 aliphatic heterocycles. The van der Waals surface area contributed by atoms with Crippen LogP contribution in [0.2, 0.25) is 0 Å². The molecule has 18 heavy (non-hydrogen) atoms. The first-order chi connectivity index (χ1) is 8.81. The zero-order chi connectivity index (χ0) is 12.4. The fourth-order valence-corrected chi connectivity index (χ4v) is 3.39. The van der Waals surface area contributed by atoms with Crippen LogP contribution in [0.5, 0.6) is 0 Å². The van der Waals surface area contributed by atoms with Crippen molar-refractivity contribution < 1.29 is 4.74 Å². The largest absolute Gasteiger partial charge is 0.379 e. The van der Waals surface area contributed by atoms with Gasteiger partial charge in [-0.25, -0.2) is 4.98 Å². The number of rotatable bonds is 3. The molecule has 2 aromatic heterocycles. The van der Waals surface area contributed by atoms with Crippen molar-refractivity contribution in [3.05, 3.63) is 27.9 Å². The van der Waals surface area contributed by atoms with E-state index in [1.807, 2.05) is 6.20 Å². The average Bonchev–Trinajstić information content (AvgIpc) is 2.99. The molecule has 2 aromatic rings. The summed E-state index contributed by atoms with van der Waals surface area (Å²) < 4.78 is 6.58. The van der Waals surface area contributed by atoms with Gasteiger partial charge in [-0.3, -0.25) is 0 Å². The van der Waals surface area contributed by atoms with Crippen molar-refractivity contribution >= 4 is 27.3 Å². The van der Waals surface area contributed by atoms with Crippen LogP contribution in [0.25, 0.3) is 10.6 Å². The summed E-state index contributed by atoms with van der Waals surface area (Å²) in [6.07, 6.45) is 2.78. The summed E-state index contributed by atoms with van der Waals surface area (Å²) in [5.41, 5.74) is 1.08. The van der Waals surface area contributed by atoms with Gasteiger partial charge in [0.1, 0.15) is 5.82 Å². The second-order valence-electron chi connectivity index (χ2n) is 4.28. The first-order valence-electron chi connectivity index (χ1n) is 5.92. The van der Waals surface area contributed by atoms with Crippen molar-refractivity contribution in [2.45, 2.75) is 12.5 Å². The summed E-state index contributed by atoms with van der Waals surface area (Å²) in [5, 5.41) is 3.43. The van der Waals surface area contributed by atoms with Crippen LogP contribution in [0, 0.1) is 0 Å². The first-order valence-corrected chi connectivity index (χ1v) is 7.53. The van der Waals surface area contributed by atoms with Crippen molar-refractivity contribution in [2.24, 2.45) is 0 Å². The molecule has 0 bridgehead atoms. The summed E-state index contributed by atoms with van der Waals surface area (Å²) in [7, 11) is 0. The predicted octanol–water partition coefficient (Wildman–Crippen LogP) is 2.43. The van der Waals surface area contributed by atoms with E-state index in [9.17, 15) is 0 Å². The van der Waals surface area contributed by atoms with E-state index in [-0.39, 0.29) is 0 Å². The number of halogens is 1. The minimum Gasteiger partial charge on any atom is -0.379 e. The highest BCUT2D eigenvalue weighted by Gasteiger charge is 2.15. The third-order valence-corrected chi connectivity index (χ3v) is 4.56. The zero-order valence-corrected chi connectivity index (χ0v) is 12.2. The Balaban J connectivity index is 1.69. The molecule has 0 amide bonds. The number of morpholine rings is 1. The summed E-state index contributed by atoms with van der Waals surface area (Å²) >= 11 is 5.18. The Kier molecular flexibility index (Phi) is 3.79. The molecule has 4 nitrogen and oxygen atoms in total. The Morgan fingerprint density at radius 3 is 3.17 bits per heavy atom. The van der Waals surface area contributed by atoms with E-state index in [2.05, 4.69) is 43.3 Å². The van der Waals surface area contributed by atoms with Crippen LogP contribution in [0.3, 0.4) is 0 Å². The molecule has 0 aromatic carbocycles. The van der Waals surface area contributed by atoms with Crippen molar-refractivity contribution in [1.82, 2.24) is 15.3 Å². The highest BCUT2D eigenvalue weighted by Crippen LogP contribution is 2.30. The summed E-state index contributed by atoms with van der Waals surface area (Å²) in [6.45, 7) is 2.50. The van der Waals surface area contributed by atoms with Crippen LogP contribution in [-0.4, -0.2) is 35.8 Å². The van der Waals surface area contributed by atoms with Crippen molar-refractivity contribution in [3.63, 3.8) is 0 Å². The number of ether oxygens (including phenoxy) is 1. The van der Waals surface area contributed by atoms with Gasteiger partial charge >= 0.3 is 0 Å². The van der Waals surface area contributed by atoms with Crippen LogP contribution in [0.15, 0.2) is 22.1 Å². The number of nitrogens with zero attached hydrogens (tertiary/aromatic N) is 1. The summed E-state index contributed by atoms with van der Waals surface area (Å²) in [6, 6.07) is 4.51. The molecule has 2 N–H and O–H groups in total. The molecule has 1 saturated heterocycles. The molecule has 0 aliphatic carbocycles. The molecule has 3 rings (SSSR count). The average molecular weight is 328 g/mol. The molecule has 0 spiro atoms. The molecule has 3 heterocycles. The highest BCUT2D eigenvalue weighted by atomic mass is 79.9. The normalized spacial score (nSPS) is 20.2. The lowest BCUT2D eigenvalue weighted by Crippen LogP contribution is -2.42. The lowest BCUT2D eigenvalue weighted by molar-refractivity contribution is 0.0764. The van der Waals surface area contributed by atoms with Crippen LogP contribution >= 0.6 is 27.3 Å². The summed E-state index contributed by atoms with van der Waals surface area (Å²) in [5.74, 6) is 1.01. The zero-order valence-electron chi connectivity index (χ0n) is 9.78. The van der Waals surface area contributed by atoms with Crippen molar-refractivity contribution in [2.75, 3.05) is 19.8 Å². The fraction of sp³-hybridized carbons (Fsp3) is 0.417. The van der Waals surface area contributed by atoms with Gasteiger partial charge in [-0.15, -0.1) is 11.3 Å². The predicted molar refractivity (Wildman–Crippen MR) is 75.9 cm³/mol. The Morgan fingerprint density at radius 1 is 1.50 bits per heavy atom. The van der Waals surface area contributed by atoms with Gasteiger partial charge in [0.05, 0.1) is 33.8 Å². The Morgan fingerprint density at radius 2 is 2.44 bits per heavy atom. The number of hydrogen-bond donors (Lipinski definition) is 2. The Hall–Kier alpha value is -0.690. The Labute approximate surface area is 118 Å². The smallest absolute Gasteiger partial charge is 0.108 e. The molecule has 0 radical (unpaired) electrons. The maximum atomic E-state index is 5.44. The molecular formula is C12H14BrN3OS. The van der Waals surface area contributed by atoms with Gasteiger partial charge < -0.3 is 15.0 Å². The lowest BCUT2D eigenvalue weighted by Gasteiger charge is -2.22. The molecule has 1 atom stereocenters. The standard InChI is InChI=1S/C12H14BrN3OS/c13-11-2-1-10(18-11)9-6-15-12(16-9)5-8-7-17-4-3-14-8/h1-2,6,8,14H,3-5,7H2,(H,15,16). The molecule has 96 valence electrons. The molecular weight excluding hydrogens is 314 g/mol. The van der Waals surface area contributed by atoms with Crippen LogP contribution < -0.4 is 5.32 Å². The van der Waals surface area contributed by atoms with Crippen LogP contribution in [0.1, 0.15) is 5.82 Å². The monoisotopic (exact) mass is 327 g/mol. The minimum absolute atomic E-state index is 0.368. The van der Waals surface area contributed by atoms with E-state index >= 15 is 0 Å². The van der Waals surface area contributed by atoms with Crippen LogP contribution in [0.4, 0.5) is 0 Å². The van der Waals surface area contributed by atoms with Crippen LogP contribution in [-0.2, 0) is 11.2 Å². The van der Waals surface area contributed by atoms with E-state index in [4.69, 9.17) is 4.74 Å². The minimum atomic E-state index is 0.368. The van der Waals surface area contributed by atoms with Gasteiger partial charge in [-0.05, 0) is 28.1 Å². The van der Waals surface area contributed by atoms with Gasteiger partial charge in [0.2, 0.25) is 0 Å². The van der Waals surface area contributed by atoms with Crippen molar-refractivity contribution in [1.29, 1.82) is 0 Å². The second kappa shape index (κ2) is 5.52. The number of aromatic nitrogens is 2. The van der Waals surface area contributed by atoms with Gasteiger partial charge in [0.15, 0.2) is 0 Å². The summed E-state index contributed by atoms with van der Waals surface area (Å²) in [4.78, 5) is 9.01. The number of aromatic amines is 1. The van der Waals surface area contributed by atoms with E-state index < -0.39 is 0 Å². The molecule has 1 unspecified atom stereocenters. The third-order valence-electron chi connectivity index (χ3n) is 2.91. The third kappa shape index (κ3) is 2.83. The quantitative estimate of drug-likeness (QED) is 0.910. The number of hydrogen-bond acceptors (Lipinski definition) is 4. The van der Waals surface area contributed by atoms with Crippen molar-refractivity contribution in [3.8, 4) is 10.6 Å². The second-order valence-corrected chi connectivity index (χ2v) is 6.74. The number of imidazole rings is 1. The lowest BCUT2D eigenvalue weighted by atomic mass is 10.2. The Bertz CT molecular complexity index is 519. The SMILES string of the molecule is Brc1ccc(-c2cnc(CC3COCCN3)[nH]2)s1.